The van der Waals surface area contributed by atoms with E-state index in [1.807, 2.05) is 30.3 Å². The van der Waals surface area contributed by atoms with Crippen LogP contribution >= 0.6 is 11.6 Å². The minimum absolute atomic E-state index is 0.206. The molecule has 4 nitrogen and oxygen atoms in total. The summed E-state index contributed by atoms with van der Waals surface area (Å²) in [5.74, 6) is 1.54. The Bertz CT molecular complexity index is 665. The van der Waals surface area contributed by atoms with E-state index in [0.717, 1.165) is 29.7 Å². The minimum atomic E-state index is 0.206. The summed E-state index contributed by atoms with van der Waals surface area (Å²) in [5, 5.41) is 2.64. The highest BCUT2D eigenvalue weighted by Crippen LogP contribution is 2.35. The van der Waals surface area contributed by atoms with E-state index in [9.17, 15) is 0 Å². The average Bonchev–Trinajstić information content (AvgIpc) is 3.37. The number of benzene rings is 2. The number of ether oxygens (including phenoxy) is 4. The smallest absolute Gasteiger partial charge is 0.145 e. The fraction of sp³-hybridized carbons (Fsp3) is 0.375. The summed E-state index contributed by atoms with van der Waals surface area (Å²) in [6.45, 7) is 2.70. The van der Waals surface area contributed by atoms with Gasteiger partial charge in [0, 0.05) is 5.39 Å². The Morgan fingerprint density at radius 1 is 1.00 bits per heavy atom. The highest BCUT2D eigenvalue weighted by atomic mass is 35.5. The summed E-state index contributed by atoms with van der Waals surface area (Å²) in [6.07, 6.45) is 0.459. The molecule has 2 unspecified atom stereocenters. The third-order valence-corrected chi connectivity index (χ3v) is 3.85. The van der Waals surface area contributed by atoms with E-state index >= 15 is 0 Å². The summed E-state index contributed by atoms with van der Waals surface area (Å²) in [6, 6.07) is 9.73. The van der Waals surface area contributed by atoms with Crippen LogP contribution in [0.15, 0.2) is 30.3 Å². The largest absolute Gasteiger partial charge is 0.491 e. The molecule has 2 aliphatic heterocycles. The van der Waals surface area contributed by atoms with Gasteiger partial charge in [-0.2, -0.15) is 0 Å². The van der Waals surface area contributed by atoms with Crippen molar-refractivity contribution in [3.8, 4) is 11.5 Å². The van der Waals surface area contributed by atoms with Gasteiger partial charge in [0.05, 0.1) is 18.2 Å². The van der Waals surface area contributed by atoms with Crippen LogP contribution in [0.5, 0.6) is 11.5 Å². The van der Waals surface area contributed by atoms with Crippen molar-refractivity contribution < 1.29 is 18.9 Å². The molecule has 2 fully saturated rings. The molecule has 2 aromatic carbocycles. The standard InChI is InChI=1S/C16H15ClO4/c17-15-4-1-10-5-11(18-6-12-7-19-12)2-3-14(10)16(15)21-9-13-8-20-13/h1-5,12-13H,6-9H2. The molecule has 2 heterocycles. The molecule has 4 rings (SSSR count). The predicted octanol–water partition coefficient (Wildman–Crippen LogP) is 3.05. The first-order valence-corrected chi connectivity index (χ1v) is 7.38. The predicted molar refractivity (Wildman–Crippen MR) is 79.4 cm³/mol. The lowest BCUT2D eigenvalue weighted by Gasteiger charge is -2.12. The molecule has 5 heteroatoms. The van der Waals surface area contributed by atoms with E-state index in [2.05, 4.69) is 0 Å². The molecule has 0 aromatic heterocycles. The average molecular weight is 307 g/mol. The maximum atomic E-state index is 6.24. The molecule has 2 saturated heterocycles. The van der Waals surface area contributed by atoms with Gasteiger partial charge in [-0.3, -0.25) is 0 Å². The summed E-state index contributed by atoms with van der Waals surface area (Å²) in [5.41, 5.74) is 0. The molecular weight excluding hydrogens is 292 g/mol. The van der Waals surface area contributed by atoms with Crippen LogP contribution in [0.25, 0.3) is 10.8 Å². The molecule has 0 aliphatic carbocycles. The van der Waals surface area contributed by atoms with Crippen molar-refractivity contribution >= 4 is 22.4 Å². The molecule has 0 N–H and O–H groups in total. The Morgan fingerprint density at radius 2 is 1.71 bits per heavy atom. The van der Waals surface area contributed by atoms with Gasteiger partial charge in [0.2, 0.25) is 0 Å². The van der Waals surface area contributed by atoms with Gasteiger partial charge in [0.1, 0.15) is 36.9 Å². The first kappa shape index (κ1) is 13.2. The lowest BCUT2D eigenvalue weighted by atomic mass is 10.1. The van der Waals surface area contributed by atoms with Crippen molar-refractivity contribution in [2.45, 2.75) is 12.2 Å². The van der Waals surface area contributed by atoms with Gasteiger partial charge < -0.3 is 18.9 Å². The topological polar surface area (TPSA) is 43.5 Å². The van der Waals surface area contributed by atoms with Gasteiger partial charge in [0.15, 0.2) is 0 Å². The third kappa shape index (κ3) is 3.07. The number of rotatable bonds is 6. The maximum absolute atomic E-state index is 6.24. The number of halogens is 1. The highest BCUT2D eigenvalue weighted by molar-refractivity contribution is 6.33. The van der Waals surface area contributed by atoms with Crippen LogP contribution < -0.4 is 9.47 Å². The Morgan fingerprint density at radius 3 is 2.43 bits per heavy atom. The third-order valence-electron chi connectivity index (χ3n) is 3.55. The SMILES string of the molecule is Clc1ccc2cc(OCC3CO3)ccc2c1OCC1CO1. The zero-order valence-corrected chi connectivity index (χ0v) is 12.1. The molecule has 21 heavy (non-hydrogen) atoms. The first-order chi connectivity index (χ1) is 10.3. The molecular formula is C16H15ClO4. The molecule has 0 saturated carbocycles. The number of hydrogen-bond acceptors (Lipinski definition) is 4. The molecule has 110 valence electrons. The fourth-order valence-electron chi connectivity index (χ4n) is 2.18. The number of epoxide rings is 2. The molecule has 2 aliphatic rings. The van der Waals surface area contributed by atoms with Crippen molar-refractivity contribution in [2.75, 3.05) is 26.4 Å². The van der Waals surface area contributed by atoms with Crippen LogP contribution in [-0.4, -0.2) is 38.6 Å². The Hall–Kier alpha value is -1.49. The summed E-state index contributed by atoms with van der Waals surface area (Å²) in [7, 11) is 0. The quantitative estimate of drug-likeness (QED) is 0.769. The van der Waals surface area contributed by atoms with Crippen LogP contribution in [0.4, 0.5) is 0 Å². The number of fused-ring (bicyclic) bond motifs is 1. The molecule has 2 aromatic rings. The van der Waals surface area contributed by atoms with Crippen LogP contribution in [0, 0.1) is 0 Å². The van der Waals surface area contributed by atoms with Gasteiger partial charge in [-0.15, -0.1) is 0 Å². The van der Waals surface area contributed by atoms with E-state index in [0.29, 0.717) is 24.0 Å². The first-order valence-electron chi connectivity index (χ1n) is 7.01. The summed E-state index contributed by atoms with van der Waals surface area (Å²) < 4.78 is 21.8. The fourth-order valence-corrected chi connectivity index (χ4v) is 2.40. The van der Waals surface area contributed by atoms with Gasteiger partial charge in [-0.25, -0.2) is 0 Å². The highest BCUT2D eigenvalue weighted by Gasteiger charge is 2.24. The zero-order chi connectivity index (χ0) is 14.2. The molecule has 2 atom stereocenters. The van der Waals surface area contributed by atoms with Crippen LogP contribution in [0.3, 0.4) is 0 Å². The van der Waals surface area contributed by atoms with Crippen LogP contribution in [-0.2, 0) is 9.47 Å². The maximum Gasteiger partial charge on any atom is 0.145 e. The Labute approximate surface area is 127 Å². The number of hydrogen-bond donors (Lipinski definition) is 0. The van der Waals surface area contributed by atoms with E-state index in [1.54, 1.807) is 0 Å². The van der Waals surface area contributed by atoms with Gasteiger partial charge in [0.25, 0.3) is 0 Å². The minimum Gasteiger partial charge on any atom is -0.491 e. The van der Waals surface area contributed by atoms with Gasteiger partial charge >= 0.3 is 0 Å². The lowest BCUT2D eigenvalue weighted by Crippen LogP contribution is -2.05. The Kier molecular flexibility index (Phi) is 3.37. The van der Waals surface area contributed by atoms with Crippen molar-refractivity contribution in [2.24, 2.45) is 0 Å². The van der Waals surface area contributed by atoms with Crippen molar-refractivity contribution in [3.05, 3.63) is 35.4 Å². The second-order valence-electron chi connectivity index (χ2n) is 5.29. The van der Waals surface area contributed by atoms with Crippen LogP contribution in [0.2, 0.25) is 5.02 Å². The second kappa shape index (κ2) is 5.37. The molecule has 0 spiro atoms. The molecule has 0 bridgehead atoms. The van der Waals surface area contributed by atoms with E-state index in [4.69, 9.17) is 30.5 Å². The summed E-state index contributed by atoms with van der Waals surface area (Å²) >= 11 is 6.24. The van der Waals surface area contributed by atoms with E-state index < -0.39 is 0 Å². The van der Waals surface area contributed by atoms with E-state index in [-0.39, 0.29) is 12.2 Å². The van der Waals surface area contributed by atoms with Crippen LogP contribution in [0.1, 0.15) is 0 Å². The van der Waals surface area contributed by atoms with Gasteiger partial charge in [-0.05, 0) is 29.7 Å². The zero-order valence-electron chi connectivity index (χ0n) is 11.4. The molecule has 0 amide bonds. The van der Waals surface area contributed by atoms with Crippen molar-refractivity contribution in [1.29, 1.82) is 0 Å². The van der Waals surface area contributed by atoms with Crippen molar-refractivity contribution in [1.82, 2.24) is 0 Å². The monoisotopic (exact) mass is 306 g/mol. The molecule has 0 radical (unpaired) electrons. The summed E-state index contributed by atoms with van der Waals surface area (Å²) in [4.78, 5) is 0. The Balaban J connectivity index is 1.59. The second-order valence-corrected chi connectivity index (χ2v) is 5.70. The van der Waals surface area contributed by atoms with Crippen molar-refractivity contribution in [3.63, 3.8) is 0 Å². The lowest BCUT2D eigenvalue weighted by molar-refractivity contribution is 0.263. The van der Waals surface area contributed by atoms with E-state index in [1.165, 1.54) is 0 Å². The normalized spacial score (nSPS) is 23.1. The van der Waals surface area contributed by atoms with Gasteiger partial charge in [-0.1, -0.05) is 17.7 Å².